The number of anilines is 1. The second-order valence-corrected chi connectivity index (χ2v) is 12.0. The van der Waals surface area contributed by atoms with Crippen LogP contribution in [0.15, 0.2) is 82.7 Å². The van der Waals surface area contributed by atoms with Gasteiger partial charge in [-0.25, -0.2) is 13.4 Å². The second kappa shape index (κ2) is 11.6. The van der Waals surface area contributed by atoms with Gasteiger partial charge in [0.15, 0.2) is 15.5 Å². The molecule has 12 heteroatoms. The summed E-state index contributed by atoms with van der Waals surface area (Å²) in [5.74, 6) is -0.368. The van der Waals surface area contributed by atoms with Crippen molar-refractivity contribution >= 4 is 27.2 Å². The molecule has 0 spiro atoms. The number of fused-ring (bicyclic) bond motifs is 1. The smallest absolute Gasteiger partial charge is 0.270 e. The lowest BCUT2D eigenvalue weighted by atomic mass is 10.0. The number of carbonyl (C=O) groups excluding carboxylic acids is 1. The van der Waals surface area contributed by atoms with E-state index in [9.17, 15) is 18.0 Å². The summed E-state index contributed by atoms with van der Waals surface area (Å²) >= 11 is 0. The molecule has 1 atom stereocenters. The van der Waals surface area contributed by atoms with Crippen LogP contribution in [0.5, 0.6) is 0 Å². The summed E-state index contributed by atoms with van der Waals surface area (Å²) in [7, 11) is -2.11. The van der Waals surface area contributed by atoms with E-state index < -0.39 is 9.84 Å². The Hall–Kier alpha value is -4.84. The fraction of sp³-hybridized carbons (Fsp3) is 0.233. The van der Waals surface area contributed by atoms with E-state index in [-0.39, 0.29) is 40.3 Å². The number of nitrogens with one attached hydrogen (secondary N) is 1. The number of pyridine rings is 2. The van der Waals surface area contributed by atoms with Gasteiger partial charge in [-0.3, -0.25) is 14.6 Å². The Morgan fingerprint density at radius 1 is 1.05 bits per heavy atom. The van der Waals surface area contributed by atoms with Crippen LogP contribution in [0.1, 0.15) is 35.9 Å². The number of nitrogens with two attached hydrogens (primary N) is 1. The van der Waals surface area contributed by atoms with Gasteiger partial charge in [-0.05, 0) is 31.4 Å². The van der Waals surface area contributed by atoms with Crippen molar-refractivity contribution in [2.24, 2.45) is 0 Å². The number of hydrogen-bond donors (Lipinski definition) is 2. The van der Waals surface area contributed by atoms with Crippen molar-refractivity contribution in [1.82, 2.24) is 29.5 Å². The van der Waals surface area contributed by atoms with E-state index in [2.05, 4.69) is 15.1 Å². The largest absolute Gasteiger partial charge is 0.382 e. The Bertz CT molecular complexity index is 1920. The third kappa shape index (κ3) is 5.66. The van der Waals surface area contributed by atoms with E-state index in [1.165, 1.54) is 16.6 Å². The number of aromatic amines is 1. The summed E-state index contributed by atoms with van der Waals surface area (Å²) in [6.45, 7) is 1.94. The first-order chi connectivity index (χ1) is 20.1. The fourth-order valence-corrected chi connectivity index (χ4v) is 6.10. The van der Waals surface area contributed by atoms with Crippen molar-refractivity contribution < 1.29 is 13.2 Å². The van der Waals surface area contributed by atoms with Gasteiger partial charge in [-0.15, -0.1) is 0 Å². The van der Waals surface area contributed by atoms with Crippen molar-refractivity contribution in [1.29, 1.82) is 0 Å². The Kier molecular flexibility index (Phi) is 7.90. The van der Waals surface area contributed by atoms with Crippen molar-refractivity contribution in [2.45, 2.75) is 37.1 Å². The number of nitrogen functional groups attached to an aromatic ring is 1. The molecule has 0 aliphatic heterocycles. The summed E-state index contributed by atoms with van der Waals surface area (Å²) in [6.07, 6.45) is 5.66. The summed E-state index contributed by atoms with van der Waals surface area (Å²) < 4.78 is 27.1. The quantitative estimate of drug-likeness (QED) is 0.266. The van der Waals surface area contributed by atoms with Gasteiger partial charge >= 0.3 is 0 Å². The zero-order valence-corrected chi connectivity index (χ0v) is 24.3. The molecule has 4 heterocycles. The number of rotatable bonds is 9. The minimum absolute atomic E-state index is 0.0306. The molecule has 0 saturated heterocycles. The van der Waals surface area contributed by atoms with Gasteiger partial charge in [0, 0.05) is 48.3 Å². The number of benzene rings is 1. The number of nitrogens with zero attached hydrogens (tertiary/aromatic N) is 5. The summed E-state index contributed by atoms with van der Waals surface area (Å²) in [6, 6.07) is 17.8. The molecule has 216 valence electrons. The van der Waals surface area contributed by atoms with E-state index in [1.807, 2.05) is 49.4 Å². The van der Waals surface area contributed by atoms with E-state index in [0.29, 0.717) is 29.7 Å². The molecule has 0 bridgehead atoms. The van der Waals surface area contributed by atoms with Crippen LogP contribution in [0, 0.1) is 0 Å². The van der Waals surface area contributed by atoms with Crippen LogP contribution in [0.4, 0.5) is 5.82 Å². The molecule has 5 rings (SSSR count). The molecule has 3 N–H and O–H groups in total. The molecule has 0 radical (unpaired) electrons. The fourth-order valence-electron chi connectivity index (χ4n) is 5.06. The maximum Gasteiger partial charge on any atom is 0.270 e. The molecule has 42 heavy (non-hydrogen) atoms. The topological polar surface area (TPSA) is 156 Å². The SMILES string of the molecule is CC[C@H](CCc1nc2c(-c3ccc(-c4ccccc4)nc3)cnn2c(N)c1S(C)(=O)=O)N(C)C(=O)c1cccc(=O)[nH]1. The van der Waals surface area contributed by atoms with Gasteiger partial charge in [-0.1, -0.05) is 49.4 Å². The first-order valence-electron chi connectivity index (χ1n) is 13.4. The van der Waals surface area contributed by atoms with Crippen LogP contribution in [-0.4, -0.2) is 63.1 Å². The highest BCUT2D eigenvalue weighted by Crippen LogP contribution is 2.31. The number of sulfone groups is 1. The van der Waals surface area contributed by atoms with Crippen LogP contribution >= 0.6 is 0 Å². The number of amides is 1. The van der Waals surface area contributed by atoms with Crippen molar-refractivity contribution in [3.63, 3.8) is 0 Å². The summed E-state index contributed by atoms with van der Waals surface area (Å²) in [5.41, 5.74) is 10.1. The zero-order chi connectivity index (χ0) is 30.0. The van der Waals surface area contributed by atoms with E-state index in [1.54, 1.807) is 30.4 Å². The van der Waals surface area contributed by atoms with Crippen LogP contribution in [0.25, 0.3) is 28.0 Å². The molecular formula is C30H31N7O4S. The molecule has 4 aromatic heterocycles. The molecule has 1 aromatic carbocycles. The van der Waals surface area contributed by atoms with Crippen molar-refractivity contribution in [2.75, 3.05) is 19.0 Å². The normalized spacial score (nSPS) is 12.4. The number of aryl methyl sites for hydroxylation is 1. The number of hydrogen-bond acceptors (Lipinski definition) is 8. The average molecular weight is 586 g/mol. The van der Waals surface area contributed by atoms with Crippen molar-refractivity contribution in [3.05, 3.63) is 94.8 Å². The lowest BCUT2D eigenvalue weighted by Crippen LogP contribution is -2.38. The maximum absolute atomic E-state index is 13.1. The Morgan fingerprint density at radius 2 is 1.81 bits per heavy atom. The van der Waals surface area contributed by atoms with Gasteiger partial charge in [0.05, 0.1) is 17.6 Å². The van der Waals surface area contributed by atoms with Gasteiger partial charge in [-0.2, -0.15) is 9.61 Å². The van der Waals surface area contributed by atoms with Crippen LogP contribution in [-0.2, 0) is 16.3 Å². The highest BCUT2D eigenvalue weighted by Gasteiger charge is 2.26. The minimum Gasteiger partial charge on any atom is -0.382 e. The lowest BCUT2D eigenvalue weighted by Gasteiger charge is -2.27. The molecule has 0 fully saturated rings. The molecule has 0 aliphatic rings. The predicted molar refractivity (Wildman–Crippen MR) is 161 cm³/mol. The van der Waals surface area contributed by atoms with E-state index >= 15 is 0 Å². The molecule has 1 amide bonds. The lowest BCUT2D eigenvalue weighted by molar-refractivity contribution is 0.0713. The maximum atomic E-state index is 13.1. The standard InChI is InChI=1S/C30H31N7O4S/c1-4-21(36(2)30(39)25-11-8-12-26(38)34-25)14-16-24-27(42(3,40)41)28(31)37-29(35-24)22(18-33-37)20-13-15-23(32-17-20)19-9-6-5-7-10-19/h5-13,15,17-18,21H,4,14,16,31H2,1-3H3,(H,34,38)/t21-/m1/s1. The molecule has 5 aromatic rings. The molecule has 0 saturated carbocycles. The minimum atomic E-state index is -3.77. The third-order valence-electron chi connectivity index (χ3n) is 7.27. The Balaban J connectivity index is 1.49. The molecular weight excluding hydrogens is 554 g/mol. The highest BCUT2D eigenvalue weighted by atomic mass is 32.2. The Labute approximate surface area is 243 Å². The van der Waals surface area contributed by atoms with E-state index in [4.69, 9.17) is 10.7 Å². The Morgan fingerprint density at radius 3 is 2.45 bits per heavy atom. The van der Waals surface area contributed by atoms with Crippen LogP contribution < -0.4 is 11.3 Å². The third-order valence-corrected chi connectivity index (χ3v) is 8.46. The number of aromatic nitrogens is 5. The second-order valence-electron chi connectivity index (χ2n) is 10.1. The average Bonchev–Trinajstić information content (AvgIpc) is 3.41. The van der Waals surface area contributed by atoms with Crippen LogP contribution in [0.3, 0.4) is 0 Å². The molecule has 0 aliphatic carbocycles. The first kappa shape index (κ1) is 28.7. The highest BCUT2D eigenvalue weighted by molar-refractivity contribution is 7.91. The predicted octanol–water partition coefficient (Wildman–Crippen LogP) is 3.62. The van der Waals surface area contributed by atoms with Gasteiger partial charge in [0.1, 0.15) is 16.4 Å². The van der Waals surface area contributed by atoms with E-state index in [0.717, 1.165) is 23.1 Å². The van der Waals surface area contributed by atoms with Gasteiger partial charge in [0.25, 0.3) is 5.91 Å². The number of carbonyl (C=O) groups is 1. The molecule has 0 unspecified atom stereocenters. The van der Waals surface area contributed by atoms with Gasteiger partial charge < -0.3 is 15.6 Å². The zero-order valence-electron chi connectivity index (χ0n) is 23.5. The van der Waals surface area contributed by atoms with Crippen molar-refractivity contribution in [3.8, 4) is 22.4 Å². The number of H-pyrrole nitrogens is 1. The monoisotopic (exact) mass is 585 g/mol. The molecule has 11 nitrogen and oxygen atoms in total. The first-order valence-corrected chi connectivity index (χ1v) is 15.3. The van der Waals surface area contributed by atoms with Crippen LogP contribution in [0.2, 0.25) is 0 Å². The van der Waals surface area contributed by atoms with Gasteiger partial charge in [0.2, 0.25) is 5.56 Å². The summed E-state index contributed by atoms with van der Waals surface area (Å²) in [5, 5.41) is 4.35. The summed E-state index contributed by atoms with van der Waals surface area (Å²) in [4.78, 5) is 38.2.